The number of ether oxygens (including phenoxy) is 3. The molecular formula is C18H24O6. The highest BCUT2D eigenvalue weighted by atomic mass is 16.6. The lowest BCUT2D eigenvalue weighted by molar-refractivity contribution is -0.145. The molecule has 1 aromatic rings. The molecule has 1 saturated heterocycles. The van der Waals surface area contributed by atoms with E-state index in [1.807, 2.05) is 13.8 Å². The fraction of sp³-hybridized carbons (Fsp3) is 0.556. The molecule has 2 rings (SSSR count). The van der Waals surface area contributed by atoms with Crippen LogP contribution in [0.25, 0.3) is 0 Å². The Morgan fingerprint density at radius 1 is 1.42 bits per heavy atom. The van der Waals surface area contributed by atoms with Crippen molar-refractivity contribution in [3.05, 3.63) is 23.8 Å². The van der Waals surface area contributed by atoms with Crippen LogP contribution >= 0.6 is 0 Å². The van der Waals surface area contributed by atoms with Gasteiger partial charge in [0.1, 0.15) is 23.2 Å². The molecule has 0 amide bonds. The predicted octanol–water partition coefficient (Wildman–Crippen LogP) is 2.93. The first-order valence-electron chi connectivity index (χ1n) is 8.25. The molecule has 1 fully saturated rings. The molecule has 1 heterocycles. The van der Waals surface area contributed by atoms with Crippen molar-refractivity contribution in [1.82, 2.24) is 0 Å². The second kappa shape index (κ2) is 8.04. The van der Waals surface area contributed by atoms with E-state index in [1.54, 1.807) is 6.92 Å². The molecule has 1 N–H and O–H groups in total. The minimum Gasteiger partial charge on any atom is -0.508 e. The van der Waals surface area contributed by atoms with Crippen molar-refractivity contribution >= 4 is 11.9 Å². The van der Waals surface area contributed by atoms with Crippen LogP contribution in [0.3, 0.4) is 0 Å². The molecule has 1 aromatic carbocycles. The van der Waals surface area contributed by atoms with E-state index in [0.717, 1.165) is 0 Å². The minimum absolute atomic E-state index is 0.0171. The number of benzene rings is 1. The van der Waals surface area contributed by atoms with Gasteiger partial charge in [0.05, 0.1) is 19.1 Å². The molecule has 0 bridgehead atoms. The van der Waals surface area contributed by atoms with E-state index < -0.39 is 5.97 Å². The number of phenolic OH excluding ortho intramolecular Hbond substituents is 1. The Morgan fingerprint density at radius 3 is 2.79 bits per heavy atom. The average Bonchev–Trinajstić information content (AvgIpc) is 2.89. The van der Waals surface area contributed by atoms with Crippen molar-refractivity contribution in [2.45, 2.75) is 39.7 Å². The molecule has 1 aliphatic rings. The molecule has 0 saturated carbocycles. The molecule has 0 spiro atoms. The van der Waals surface area contributed by atoms with Gasteiger partial charge in [-0.05, 0) is 37.8 Å². The van der Waals surface area contributed by atoms with Crippen molar-refractivity contribution in [1.29, 1.82) is 0 Å². The summed E-state index contributed by atoms with van der Waals surface area (Å²) >= 11 is 0. The zero-order valence-corrected chi connectivity index (χ0v) is 14.3. The predicted molar refractivity (Wildman–Crippen MR) is 87.0 cm³/mol. The van der Waals surface area contributed by atoms with Crippen LogP contribution in [0.2, 0.25) is 0 Å². The monoisotopic (exact) mass is 336 g/mol. The Balaban J connectivity index is 1.89. The Bertz CT molecular complexity index is 595. The van der Waals surface area contributed by atoms with Crippen LogP contribution in [-0.4, -0.2) is 36.4 Å². The highest BCUT2D eigenvalue weighted by Crippen LogP contribution is 2.29. The van der Waals surface area contributed by atoms with Crippen molar-refractivity contribution in [2.75, 3.05) is 13.2 Å². The Morgan fingerprint density at radius 2 is 2.17 bits per heavy atom. The SMILES string of the molecule is CCOc1cc(O)ccc1C(=O)OCC[C@@H]1C[C@@H](C(C)C)OC1=O. The summed E-state index contributed by atoms with van der Waals surface area (Å²) in [5.74, 6) is -0.399. The molecule has 0 aliphatic carbocycles. The van der Waals surface area contributed by atoms with Crippen molar-refractivity contribution in [3.63, 3.8) is 0 Å². The summed E-state index contributed by atoms with van der Waals surface area (Å²) in [5, 5.41) is 9.48. The number of aromatic hydroxyl groups is 1. The summed E-state index contributed by atoms with van der Waals surface area (Å²) in [6.07, 6.45) is 1.05. The van der Waals surface area contributed by atoms with E-state index in [0.29, 0.717) is 19.4 Å². The maximum atomic E-state index is 12.2. The van der Waals surface area contributed by atoms with Gasteiger partial charge in [-0.2, -0.15) is 0 Å². The third-order valence-electron chi connectivity index (χ3n) is 4.05. The highest BCUT2D eigenvalue weighted by molar-refractivity contribution is 5.92. The van der Waals surface area contributed by atoms with Crippen LogP contribution in [-0.2, 0) is 14.3 Å². The highest BCUT2D eigenvalue weighted by Gasteiger charge is 2.35. The number of esters is 2. The molecule has 6 heteroatoms. The topological polar surface area (TPSA) is 82.1 Å². The first kappa shape index (κ1) is 18.1. The number of hydrogen-bond donors (Lipinski definition) is 1. The van der Waals surface area contributed by atoms with Crippen LogP contribution in [0.4, 0.5) is 0 Å². The van der Waals surface area contributed by atoms with Gasteiger partial charge in [-0.3, -0.25) is 4.79 Å². The summed E-state index contributed by atoms with van der Waals surface area (Å²) < 4.78 is 15.9. The third-order valence-corrected chi connectivity index (χ3v) is 4.05. The molecule has 1 aliphatic heterocycles. The van der Waals surface area contributed by atoms with Gasteiger partial charge in [0, 0.05) is 6.07 Å². The van der Waals surface area contributed by atoms with Crippen LogP contribution in [0, 0.1) is 11.8 Å². The summed E-state index contributed by atoms with van der Waals surface area (Å²) in [5.41, 5.74) is 0.253. The van der Waals surface area contributed by atoms with E-state index in [2.05, 4.69) is 0 Å². The molecule has 6 nitrogen and oxygen atoms in total. The lowest BCUT2D eigenvalue weighted by Crippen LogP contribution is -2.14. The maximum absolute atomic E-state index is 12.2. The van der Waals surface area contributed by atoms with Crippen LogP contribution in [0.15, 0.2) is 18.2 Å². The maximum Gasteiger partial charge on any atom is 0.341 e. The van der Waals surface area contributed by atoms with Gasteiger partial charge in [0.2, 0.25) is 0 Å². The van der Waals surface area contributed by atoms with E-state index in [9.17, 15) is 14.7 Å². The van der Waals surface area contributed by atoms with E-state index >= 15 is 0 Å². The zero-order chi connectivity index (χ0) is 17.7. The number of hydrogen-bond acceptors (Lipinski definition) is 6. The zero-order valence-electron chi connectivity index (χ0n) is 14.3. The van der Waals surface area contributed by atoms with Crippen LogP contribution in [0.1, 0.15) is 44.0 Å². The molecular weight excluding hydrogens is 312 g/mol. The van der Waals surface area contributed by atoms with Gasteiger partial charge >= 0.3 is 11.9 Å². The van der Waals surface area contributed by atoms with Crippen molar-refractivity contribution in [2.24, 2.45) is 11.8 Å². The first-order valence-corrected chi connectivity index (χ1v) is 8.25. The summed E-state index contributed by atoms with van der Waals surface area (Å²) in [7, 11) is 0. The molecule has 2 atom stereocenters. The van der Waals surface area contributed by atoms with Crippen LogP contribution in [0.5, 0.6) is 11.5 Å². The average molecular weight is 336 g/mol. The standard InChI is InChI=1S/C18H24O6/c1-4-22-16-10-13(19)5-6-14(16)18(21)23-8-7-12-9-15(11(2)3)24-17(12)20/h5-6,10-12,15,19H,4,7-9H2,1-3H3/t12-,15+/m1/s1. The van der Waals surface area contributed by atoms with E-state index in [1.165, 1.54) is 18.2 Å². The number of carbonyl (C=O) groups is 2. The number of cyclic esters (lactones) is 1. The number of phenols is 1. The lowest BCUT2D eigenvalue weighted by atomic mass is 9.96. The summed E-state index contributed by atoms with van der Waals surface area (Å²) in [4.78, 5) is 24.0. The fourth-order valence-electron chi connectivity index (χ4n) is 2.64. The van der Waals surface area contributed by atoms with Crippen molar-refractivity contribution < 1.29 is 28.9 Å². The quantitative estimate of drug-likeness (QED) is 0.771. The summed E-state index contributed by atoms with van der Waals surface area (Å²) in [6.45, 7) is 6.32. The number of rotatable bonds is 7. The van der Waals surface area contributed by atoms with E-state index in [4.69, 9.17) is 14.2 Å². The third kappa shape index (κ3) is 4.40. The Labute approximate surface area is 141 Å². The Hall–Kier alpha value is -2.24. The van der Waals surface area contributed by atoms with Crippen molar-refractivity contribution in [3.8, 4) is 11.5 Å². The molecule has 24 heavy (non-hydrogen) atoms. The molecule has 0 aromatic heterocycles. The van der Waals surface area contributed by atoms with Gasteiger partial charge in [-0.1, -0.05) is 13.8 Å². The minimum atomic E-state index is -0.537. The van der Waals surface area contributed by atoms with Crippen LogP contribution < -0.4 is 4.74 Å². The normalized spacial score (nSPS) is 20.1. The second-order valence-corrected chi connectivity index (χ2v) is 6.19. The van der Waals surface area contributed by atoms with E-state index in [-0.39, 0.29) is 47.6 Å². The second-order valence-electron chi connectivity index (χ2n) is 6.19. The smallest absolute Gasteiger partial charge is 0.341 e. The molecule has 132 valence electrons. The van der Waals surface area contributed by atoms with Gasteiger partial charge in [-0.15, -0.1) is 0 Å². The van der Waals surface area contributed by atoms with Gasteiger partial charge < -0.3 is 19.3 Å². The molecule has 0 unspecified atom stereocenters. The van der Waals surface area contributed by atoms with Gasteiger partial charge in [0.25, 0.3) is 0 Å². The first-order chi connectivity index (χ1) is 11.4. The number of carbonyl (C=O) groups excluding carboxylic acids is 2. The van der Waals surface area contributed by atoms with Gasteiger partial charge in [-0.25, -0.2) is 4.79 Å². The summed E-state index contributed by atoms with van der Waals surface area (Å²) in [6, 6.07) is 4.24. The lowest BCUT2D eigenvalue weighted by Gasteiger charge is -2.12. The fourth-order valence-corrected chi connectivity index (χ4v) is 2.64. The Kier molecular flexibility index (Phi) is 6.06. The van der Waals surface area contributed by atoms with Gasteiger partial charge in [0.15, 0.2) is 0 Å². The largest absolute Gasteiger partial charge is 0.508 e. The molecule has 0 radical (unpaired) electrons.